The summed E-state index contributed by atoms with van der Waals surface area (Å²) in [7, 11) is 3.48. The molecule has 1 atom stereocenters. The van der Waals surface area contributed by atoms with Crippen LogP contribution in [-0.2, 0) is 9.53 Å². The number of nitrogen functional groups attached to an aromatic ring is 1. The molecular formula is C14H22FN3O2. The van der Waals surface area contributed by atoms with Gasteiger partial charge in [0.2, 0.25) is 5.91 Å². The van der Waals surface area contributed by atoms with Crippen molar-refractivity contribution in [2.24, 2.45) is 0 Å². The standard InChI is InChI=1S/C14H22FN3O2/c1-10(18(2)7-4-8-20-3)14(19)17-13-9-11(16)5-6-12(13)15/h5-6,9-10H,4,7-8,16H2,1-3H3,(H,17,19). The Hall–Kier alpha value is -1.66. The molecule has 0 aliphatic rings. The highest BCUT2D eigenvalue weighted by Gasteiger charge is 2.18. The van der Waals surface area contributed by atoms with Crippen LogP contribution in [0.3, 0.4) is 0 Å². The summed E-state index contributed by atoms with van der Waals surface area (Å²) in [6.07, 6.45) is 0.831. The molecule has 1 unspecified atom stereocenters. The molecule has 5 nitrogen and oxygen atoms in total. The van der Waals surface area contributed by atoms with Gasteiger partial charge in [-0.15, -0.1) is 0 Å². The van der Waals surface area contributed by atoms with Crippen LogP contribution < -0.4 is 11.1 Å². The first-order valence-electron chi connectivity index (χ1n) is 6.50. The Morgan fingerprint density at radius 3 is 2.90 bits per heavy atom. The zero-order valence-corrected chi connectivity index (χ0v) is 12.1. The Bertz CT molecular complexity index is 454. The molecule has 0 aliphatic carbocycles. The lowest BCUT2D eigenvalue weighted by atomic mass is 10.2. The van der Waals surface area contributed by atoms with E-state index in [4.69, 9.17) is 10.5 Å². The summed E-state index contributed by atoms with van der Waals surface area (Å²) >= 11 is 0. The highest BCUT2D eigenvalue weighted by Crippen LogP contribution is 2.18. The van der Waals surface area contributed by atoms with Crippen molar-refractivity contribution >= 4 is 17.3 Å². The van der Waals surface area contributed by atoms with Crippen molar-refractivity contribution in [1.82, 2.24) is 4.90 Å². The number of benzene rings is 1. The monoisotopic (exact) mass is 283 g/mol. The Morgan fingerprint density at radius 1 is 1.55 bits per heavy atom. The zero-order valence-electron chi connectivity index (χ0n) is 12.1. The molecule has 3 N–H and O–H groups in total. The number of hydrogen-bond acceptors (Lipinski definition) is 4. The average Bonchev–Trinajstić information content (AvgIpc) is 2.42. The van der Waals surface area contributed by atoms with E-state index in [0.29, 0.717) is 12.3 Å². The van der Waals surface area contributed by atoms with Crippen LogP contribution in [0.1, 0.15) is 13.3 Å². The SMILES string of the molecule is COCCCN(C)C(C)C(=O)Nc1cc(N)ccc1F. The summed E-state index contributed by atoms with van der Waals surface area (Å²) in [5, 5.41) is 2.56. The predicted molar refractivity (Wildman–Crippen MR) is 78.0 cm³/mol. The molecule has 1 aromatic rings. The number of ether oxygens (including phenoxy) is 1. The lowest BCUT2D eigenvalue weighted by Gasteiger charge is -2.23. The summed E-state index contributed by atoms with van der Waals surface area (Å²) in [6, 6.07) is 3.72. The van der Waals surface area contributed by atoms with Gasteiger partial charge < -0.3 is 15.8 Å². The van der Waals surface area contributed by atoms with Gasteiger partial charge in [0, 0.05) is 25.9 Å². The Labute approximate surface area is 118 Å². The van der Waals surface area contributed by atoms with Crippen LogP contribution in [0.4, 0.5) is 15.8 Å². The number of halogens is 1. The van der Waals surface area contributed by atoms with Crippen LogP contribution in [0, 0.1) is 5.82 Å². The van der Waals surface area contributed by atoms with Crippen LogP contribution in [-0.4, -0.2) is 44.2 Å². The molecule has 0 aliphatic heterocycles. The van der Waals surface area contributed by atoms with E-state index in [2.05, 4.69) is 5.32 Å². The van der Waals surface area contributed by atoms with Crippen LogP contribution in [0.25, 0.3) is 0 Å². The van der Waals surface area contributed by atoms with Crippen molar-refractivity contribution in [2.75, 3.05) is 38.4 Å². The third kappa shape index (κ3) is 4.79. The molecule has 0 fully saturated rings. The van der Waals surface area contributed by atoms with E-state index in [-0.39, 0.29) is 17.6 Å². The number of carbonyl (C=O) groups excluding carboxylic acids is 1. The van der Waals surface area contributed by atoms with Crippen molar-refractivity contribution in [3.05, 3.63) is 24.0 Å². The number of rotatable bonds is 7. The molecule has 0 spiro atoms. The molecule has 0 saturated carbocycles. The van der Waals surface area contributed by atoms with Gasteiger partial charge in [-0.05, 0) is 38.6 Å². The van der Waals surface area contributed by atoms with Gasteiger partial charge in [-0.1, -0.05) is 0 Å². The zero-order chi connectivity index (χ0) is 15.1. The van der Waals surface area contributed by atoms with E-state index in [1.54, 1.807) is 14.0 Å². The topological polar surface area (TPSA) is 67.6 Å². The average molecular weight is 283 g/mol. The number of nitrogens with one attached hydrogen (secondary N) is 1. The van der Waals surface area contributed by atoms with Crippen LogP contribution in [0.5, 0.6) is 0 Å². The van der Waals surface area contributed by atoms with Gasteiger partial charge >= 0.3 is 0 Å². The van der Waals surface area contributed by atoms with Gasteiger partial charge in [0.15, 0.2) is 0 Å². The minimum atomic E-state index is -0.498. The van der Waals surface area contributed by atoms with E-state index in [1.165, 1.54) is 18.2 Å². The number of hydrogen-bond donors (Lipinski definition) is 2. The second kappa shape index (κ2) is 7.81. The third-order valence-corrected chi connectivity index (χ3v) is 3.15. The molecule has 1 amide bonds. The maximum absolute atomic E-state index is 13.5. The normalized spacial score (nSPS) is 12.4. The van der Waals surface area contributed by atoms with Gasteiger partial charge in [-0.25, -0.2) is 4.39 Å². The lowest BCUT2D eigenvalue weighted by molar-refractivity contribution is -0.120. The Morgan fingerprint density at radius 2 is 2.25 bits per heavy atom. The quantitative estimate of drug-likeness (QED) is 0.590. The predicted octanol–water partition coefficient (Wildman–Crippen LogP) is 1.70. The summed E-state index contributed by atoms with van der Waals surface area (Å²) < 4.78 is 18.5. The van der Waals surface area contributed by atoms with Crippen molar-refractivity contribution in [3.63, 3.8) is 0 Å². The van der Waals surface area contributed by atoms with Crippen LogP contribution in [0.2, 0.25) is 0 Å². The number of likely N-dealkylation sites (N-methyl/N-ethyl adjacent to an activating group) is 1. The molecule has 6 heteroatoms. The molecular weight excluding hydrogens is 261 g/mol. The minimum Gasteiger partial charge on any atom is -0.399 e. The number of anilines is 2. The third-order valence-electron chi connectivity index (χ3n) is 3.15. The van der Waals surface area contributed by atoms with E-state index >= 15 is 0 Å². The van der Waals surface area contributed by atoms with Crippen molar-refractivity contribution in [2.45, 2.75) is 19.4 Å². The fourth-order valence-electron chi connectivity index (χ4n) is 1.73. The molecule has 20 heavy (non-hydrogen) atoms. The fraction of sp³-hybridized carbons (Fsp3) is 0.500. The first-order valence-corrected chi connectivity index (χ1v) is 6.50. The lowest BCUT2D eigenvalue weighted by Crippen LogP contribution is -2.40. The molecule has 0 radical (unpaired) electrons. The molecule has 0 aromatic heterocycles. The molecule has 0 saturated heterocycles. The van der Waals surface area contributed by atoms with E-state index in [9.17, 15) is 9.18 Å². The van der Waals surface area contributed by atoms with Crippen LogP contribution in [0.15, 0.2) is 18.2 Å². The smallest absolute Gasteiger partial charge is 0.241 e. The van der Waals surface area contributed by atoms with E-state index in [0.717, 1.165) is 13.0 Å². The summed E-state index contributed by atoms with van der Waals surface area (Å²) in [6.45, 7) is 3.14. The second-order valence-corrected chi connectivity index (χ2v) is 4.73. The highest BCUT2D eigenvalue weighted by molar-refractivity contribution is 5.95. The molecule has 0 heterocycles. The number of amides is 1. The fourth-order valence-corrected chi connectivity index (χ4v) is 1.73. The van der Waals surface area contributed by atoms with Gasteiger partial charge in [0.1, 0.15) is 5.82 Å². The Kier molecular flexibility index (Phi) is 6.41. The number of carbonyl (C=O) groups is 1. The first-order chi connectivity index (χ1) is 9.45. The summed E-state index contributed by atoms with van der Waals surface area (Å²) in [5.41, 5.74) is 6.09. The van der Waals surface area contributed by atoms with Crippen molar-refractivity contribution < 1.29 is 13.9 Å². The van der Waals surface area contributed by atoms with Gasteiger partial charge in [-0.3, -0.25) is 9.69 Å². The molecule has 0 bridgehead atoms. The van der Waals surface area contributed by atoms with Crippen molar-refractivity contribution in [1.29, 1.82) is 0 Å². The van der Waals surface area contributed by atoms with E-state index in [1.807, 2.05) is 11.9 Å². The van der Waals surface area contributed by atoms with E-state index < -0.39 is 5.82 Å². The molecule has 112 valence electrons. The summed E-state index contributed by atoms with van der Waals surface area (Å²) in [4.78, 5) is 13.9. The van der Waals surface area contributed by atoms with Crippen molar-refractivity contribution in [3.8, 4) is 0 Å². The highest BCUT2D eigenvalue weighted by atomic mass is 19.1. The second-order valence-electron chi connectivity index (χ2n) is 4.73. The minimum absolute atomic E-state index is 0.104. The first kappa shape index (κ1) is 16.4. The van der Waals surface area contributed by atoms with Crippen LogP contribution >= 0.6 is 0 Å². The number of nitrogens with two attached hydrogens (primary N) is 1. The Balaban J connectivity index is 2.58. The largest absolute Gasteiger partial charge is 0.399 e. The van der Waals surface area contributed by atoms with Gasteiger partial charge in [-0.2, -0.15) is 0 Å². The summed E-state index contributed by atoms with van der Waals surface area (Å²) in [5.74, 6) is -0.767. The molecule has 1 aromatic carbocycles. The van der Waals surface area contributed by atoms with Gasteiger partial charge in [0.25, 0.3) is 0 Å². The molecule has 1 rings (SSSR count). The number of nitrogens with zero attached hydrogens (tertiary/aromatic N) is 1. The maximum Gasteiger partial charge on any atom is 0.241 e. The van der Waals surface area contributed by atoms with Gasteiger partial charge in [0.05, 0.1) is 11.7 Å². The number of methoxy groups -OCH3 is 1. The maximum atomic E-state index is 13.5.